The molecule has 2 rings (SSSR count). The third kappa shape index (κ3) is 3.94. The summed E-state index contributed by atoms with van der Waals surface area (Å²) in [5, 5.41) is 7.23. The molecular formula is C14H28N2O. The largest absolute Gasteiger partial charge is 0.377 e. The Morgan fingerprint density at radius 1 is 1.41 bits per heavy atom. The molecule has 2 N–H and O–H groups in total. The second kappa shape index (κ2) is 6.72. The smallest absolute Gasteiger partial charge is 0.0700 e. The van der Waals surface area contributed by atoms with Crippen LogP contribution in [0.15, 0.2) is 0 Å². The Balaban J connectivity index is 1.72. The van der Waals surface area contributed by atoms with Gasteiger partial charge in [-0.05, 0) is 44.1 Å². The van der Waals surface area contributed by atoms with Gasteiger partial charge in [0.25, 0.3) is 0 Å². The molecule has 2 unspecified atom stereocenters. The average Bonchev–Trinajstić information content (AvgIpc) is 2.84. The summed E-state index contributed by atoms with van der Waals surface area (Å²) in [7, 11) is 0. The summed E-state index contributed by atoms with van der Waals surface area (Å²) in [5.41, 5.74) is 0.506. The minimum atomic E-state index is 0.477. The van der Waals surface area contributed by atoms with Gasteiger partial charge >= 0.3 is 0 Å². The summed E-state index contributed by atoms with van der Waals surface area (Å²) in [6.45, 7) is 7.88. The first-order valence-corrected chi connectivity index (χ1v) is 7.38. The average molecular weight is 240 g/mol. The van der Waals surface area contributed by atoms with Crippen LogP contribution in [-0.4, -0.2) is 38.9 Å². The summed E-state index contributed by atoms with van der Waals surface area (Å²) in [6, 6.07) is 0. The van der Waals surface area contributed by atoms with Crippen molar-refractivity contribution in [3.63, 3.8) is 0 Å². The SMILES string of the molecule is CCCC1(CNCC2CCCO2)CCCNC1. The lowest BCUT2D eigenvalue weighted by Crippen LogP contribution is -2.47. The van der Waals surface area contributed by atoms with Gasteiger partial charge in [0, 0.05) is 26.2 Å². The van der Waals surface area contributed by atoms with Crippen LogP contribution in [0, 0.1) is 5.41 Å². The van der Waals surface area contributed by atoms with E-state index in [1.807, 2.05) is 0 Å². The molecule has 0 aromatic rings. The zero-order chi connectivity index (χ0) is 12.0. The number of hydrogen-bond donors (Lipinski definition) is 2. The first-order chi connectivity index (χ1) is 8.35. The summed E-state index contributed by atoms with van der Waals surface area (Å²) in [4.78, 5) is 0. The summed E-state index contributed by atoms with van der Waals surface area (Å²) in [6.07, 6.45) is 8.32. The fraction of sp³-hybridized carbons (Fsp3) is 1.00. The predicted octanol–water partition coefficient (Wildman–Crippen LogP) is 1.92. The van der Waals surface area contributed by atoms with Crippen LogP contribution in [0.5, 0.6) is 0 Å². The van der Waals surface area contributed by atoms with Crippen molar-refractivity contribution in [2.45, 2.75) is 51.6 Å². The molecule has 2 heterocycles. The molecule has 0 spiro atoms. The van der Waals surface area contributed by atoms with Crippen LogP contribution < -0.4 is 10.6 Å². The third-order valence-corrected chi connectivity index (χ3v) is 4.24. The van der Waals surface area contributed by atoms with E-state index in [9.17, 15) is 0 Å². The second-order valence-corrected chi connectivity index (χ2v) is 5.80. The van der Waals surface area contributed by atoms with E-state index in [1.165, 1.54) is 51.6 Å². The van der Waals surface area contributed by atoms with Gasteiger partial charge in [0.2, 0.25) is 0 Å². The maximum Gasteiger partial charge on any atom is 0.0700 e. The number of rotatable bonds is 6. The molecule has 2 aliphatic rings. The van der Waals surface area contributed by atoms with Gasteiger partial charge in [0.05, 0.1) is 6.10 Å². The van der Waals surface area contributed by atoms with Gasteiger partial charge in [0.1, 0.15) is 0 Å². The molecular weight excluding hydrogens is 212 g/mol. The number of ether oxygens (including phenoxy) is 1. The first kappa shape index (κ1) is 13.3. The quantitative estimate of drug-likeness (QED) is 0.744. The highest BCUT2D eigenvalue weighted by atomic mass is 16.5. The molecule has 2 aliphatic heterocycles. The van der Waals surface area contributed by atoms with E-state index in [0.717, 1.165) is 19.7 Å². The number of nitrogens with one attached hydrogen (secondary N) is 2. The van der Waals surface area contributed by atoms with Crippen molar-refractivity contribution in [3.05, 3.63) is 0 Å². The van der Waals surface area contributed by atoms with E-state index in [4.69, 9.17) is 4.74 Å². The molecule has 3 heteroatoms. The summed E-state index contributed by atoms with van der Waals surface area (Å²) in [5.74, 6) is 0. The molecule has 0 bridgehead atoms. The molecule has 2 fully saturated rings. The van der Waals surface area contributed by atoms with Gasteiger partial charge in [-0.1, -0.05) is 13.3 Å². The Labute approximate surface area is 106 Å². The van der Waals surface area contributed by atoms with Crippen LogP contribution in [0.3, 0.4) is 0 Å². The molecule has 17 heavy (non-hydrogen) atoms. The Morgan fingerprint density at radius 3 is 3.00 bits per heavy atom. The fourth-order valence-electron chi connectivity index (χ4n) is 3.32. The molecule has 0 aromatic carbocycles. The highest BCUT2D eigenvalue weighted by Gasteiger charge is 2.30. The molecule has 0 aliphatic carbocycles. The van der Waals surface area contributed by atoms with Crippen LogP contribution in [0.2, 0.25) is 0 Å². The van der Waals surface area contributed by atoms with Crippen LogP contribution >= 0.6 is 0 Å². The lowest BCUT2D eigenvalue weighted by atomic mass is 9.77. The van der Waals surface area contributed by atoms with Crippen LogP contribution in [0.25, 0.3) is 0 Å². The van der Waals surface area contributed by atoms with Crippen LogP contribution in [0.4, 0.5) is 0 Å². The van der Waals surface area contributed by atoms with Crippen molar-refractivity contribution in [2.75, 3.05) is 32.8 Å². The second-order valence-electron chi connectivity index (χ2n) is 5.80. The molecule has 100 valence electrons. The topological polar surface area (TPSA) is 33.3 Å². The molecule has 3 nitrogen and oxygen atoms in total. The summed E-state index contributed by atoms with van der Waals surface area (Å²) >= 11 is 0. The highest BCUT2D eigenvalue weighted by molar-refractivity contribution is 4.87. The van der Waals surface area contributed by atoms with Gasteiger partial charge < -0.3 is 15.4 Å². The van der Waals surface area contributed by atoms with Gasteiger partial charge in [-0.3, -0.25) is 0 Å². The lowest BCUT2D eigenvalue weighted by molar-refractivity contribution is 0.102. The molecule has 0 radical (unpaired) electrons. The van der Waals surface area contributed by atoms with Crippen LogP contribution in [0.1, 0.15) is 45.4 Å². The van der Waals surface area contributed by atoms with E-state index in [0.29, 0.717) is 11.5 Å². The molecule has 2 saturated heterocycles. The van der Waals surface area contributed by atoms with E-state index < -0.39 is 0 Å². The minimum Gasteiger partial charge on any atom is -0.377 e. The first-order valence-electron chi connectivity index (χ1n) is 7.38. The fourth-order valence-corrected chi connectivity index (χ4v) is 3.32. The van der Waals surface area contributed by atoms with Gasteiger partial charge in [-0.2, -0.15) is 0 Å². The van der Waals surface area contributed by atoms with Crippen molar-refractivity contribution in [1.29, 1.82) is 0 Å². The van der Waals surface area contributed by atoms with E-state index in [-0.39, 0.29) is 0 Å². The predicted molar refractivity (Wildman–Crippen MR) is 71.3 cm³/mol. The van der Waals surface area contributed by atoms with Crippen molar-refractivity contribution in [1.82, 2.24) is 10.6 Å². The van der Waals surface area contributed by atoms with E-state index in [2.05, 4.69) is 17.6 Å². The normalized spacial score (nSPS) is 34.1. The Hall–Kier alpha value is -0.120. The van der Waals surface area contributed by atoms with E-state index in [1.54, 1.807) is 0 Å². The summed E-state index contributed by atoms with van der Waals surface area (Å²) < 4.78 is 5.66. The van der Waals surface area contributed by atoms with Crippen molar-refractivity contribution >= 4 is 0 Å². The Morgan fingerprint density at radius 2 is 2.35 bits per heavy atom. The lowest BCUT2D eigenvalue weighted by Gasteiger charge is -2.38. The minimum absolute atomic E-state index is 0.477. The van der Waals surface area contributed by atoms with Gasteiger partial charge in [0.15, 0.2) is 0 Å². The number of hydrogen-bond acceptors (Lipinski definition) is 3. The Kier molecular flexibility index (Phi) is 5.26. The van der Waals surface area contributed by atoms with Crippen molar-refractivity contribution in [3.8, 4) is 0 Å². The zero-order valence-corrected chi connectivity index (χ0v) is 11.3. The van der Waals surface area contributed by atoms with Gasteiger partial charge in [-0.15, -0.1) is 0 Å². The maximum atomic E-state index is 5.66. The van der Waals surface area contributed by atoms with E-state index >= 15 is 0 Å². The third-order valence-electron chi connectivity index (χ3n) is 4.24. The van der Waals surface area contributed by atoms with Crippen molar-refractivity contribution < 1.29 is 4.74 Å². The Bertz CT molecular complexity index is 203. The van der Waals surface area contributed by atoms with Gasteiger partial charge in [-0.25, -0.2) is 0 Å². The van der Waals surface area contributed by atoms with Crippen molar-refractivity contribution in [2.24, 2.45) is 5.41 Å². The molecule has 0 amide bonds. The monoisotopic (exact) mass is 240 g/mol. The molecule has 0 aromatic heterocycles. The number of piperidine rings is 1. The standard InChI is InChI=1S/C14H28N2O/c1-2-6-14(7-4-8-15-11-14)12-16-10-13-5-3-9-17-13/h13,15-16H,2-12H2,1H3. The zero-order valence-electron chi connectivity index (χ0n) is 11.3. The molecule has 0 saturated carbocycles. The maximum absolute atomic E-state index is 5.66. The van der Waals surface area contributed by atoms with Crippen LogP contribution in [-0.2, 0) is 4.74 Å². The molecule has 2 atom stereocenters. The highest BCUT2D eigenvalue weighted by Crippen LogP contribution is 2.30.